The maximum atomic E-state index is 4.68. The predicted molar refractivity (Wildman–Crippen MR) is 71.1 cm³/mol. The van der Waals surface area contributed by atoms with Gasteiger partial charge in [0.25, 0.3) is 0 Å². The third kappa shape index (κ3) is 2.89. The van der Waals surface area contributed by atoms with Crippen molar-refractivity contribution in [2.45, 2.75) is 46.1 Å². The maximum Gasteiger partial charge on any atom is 0.0630 e. The molecule has 3 nitrogen and oxygen atoms in total. The van der Waals surface area contributed by atoms with E-state index in [1.165, 1.54) is 18.5 Å². The Morgan fingerprint density at radius 1 is 1.53 bits per heavy atom. The fourth-order valence-corrected chi connectivity index (χ4v) is 2.71. The molecule has 0 saturated heterocycles. The van der Waals surface area contributed by atoms with E-state index in [9.17, 15) is 0 Å². The molecular formula is C14H25N3. The summed E-state index contributed by atoms with van der Waals surface area (Å²) in [5, 5.41) is 8.02. The minimum absolute atomic E-state index is 0.380. The topological polar surface area (TPSA) is 29.9 Å². The Labute approximate surface area is 105 Å². The Morgan fingerprint density at radius 3 is 2.71 bits per heavy atom. The summed E-state index contributed by atoms with van der Waals surface area (Å²) in [5.41, 5.74) is 1.62. The van der Waals surface area contributed by atoms with E-state index >= 15 is 0 Å². The molecule has 1 saturated carbocycles. The van der Waals surface area contributed by atoms with Gasteiger partial charge in [-0.1, -0.05) is 6.92 Å². The van der Waals surface area contributed by atoms with Crippen molar-refractivity contribution in [1.29, 1.82) is 0 Å². The van der Waals surface area contributed by atoms with Crippen molar-refractivity contribution in [3.8, 4) is 0 Å². The minimum Gasteiger partial charge on any atom is -0.319 e. The number of nitrogens with one attached hydrogen (secondary N) is 1. The SMILES string of the molecule is CNCC(C)(Cc1ccn(C(C)C)n1)C1CC1. The average molecular weight is 235 g/mol. The molecule has 0 spiro atoms. The Morgan fingerprint density at radius 2 is 2.24 bits per heavy atom. The average Bonchev–Trinajstić information content (AvgIpc) is 3.01. The maximum absolute atomic E-state index is 4.68. The molecule has 0 radical (unpaired) electrons. The zero-order chi connectivity index (χ0) is 12.5. The Bertz CT molecular complexity index is 365. The van der Waals surface area contributed by atoms with Crippen LogP contribution in [0.5, 0.6) is 0 Å². The van der Waals surface area contributed by atoms with E-state index in [0.717, 1.165) is 18.9 Å². The van der Waals surface area contributed by atoms with Crippen molar-refractivity contribution in [2.75, 3.05) is 13.6 Å². The van der Waals surface area contributed by atoms with E-state index in [0.29, 0.717) is 11.5 Å². The fourth-order valence-electron chi connectivity index (χ4n) is 2.71. The van der Waals surface area contributed by atoms with E-state index in [4.69, 9.17) is 0 Å². The summed E-state index contributed by atoms with van der Waals surface area (Å²) in [6, 6.07) is 2.64. The second-order valence-corrected chi connectivity index (χ2v) is 6.02. The van der Waals surface area contributed by atoms with Gasteiger partial charge in [0.15, 0.2) is 0 Å². The van der Waals surface area contributed by atoms with Crippen LogP contribution in [0, 0.1) is 11.3 Å². The van der Waals surface area contributed by atoms with Crippen molar-refractivity contribution in [1.82, 2.24) is 15.1 Å². The second-order valence-electron chi connectivity index (χ2n) is 6.02. The van der Waals surface area contributed by atoms with Gasteiger partial charge in [-0.15, -0.1) is 0 Å². The Balaban J connectivity index is 2.06. The molecule has 1 heterocycles. The Kier molecular flexibility index (Phi) is 3.57. The van der Waals surface area contributed by atoms with Crippen LogP contribution in [-0.2, 0) is 6.42 Å². The molecule has 17 heavy (non-hydrogen) atoms. The third-order valence-corrected chi connectivity index (χ3v) is 3.92. The van der Waals surface area contributed by atoms with Gasteiger partial charge in [0.1, 0.15) is 0 Å². The number of nitrogens with zero attached hydrogens (tertiary/aromatic N) is 2. The molecule has 1 aromatic rings. The highest BCUT2D eigenvalue weighted by Crippen LogP contribution is 2.46. The van der Waals surface area contributed by atoms with E-state index in [1.54, 1.807) is 0 Å². The largest absolute Gasteiger partial charge is 0.319 e. The number of aromatic nitrogens is 2. The van der Waals surface area contributed by atoms with Crippen LogP contribution in [0.2, 0.25) is 0 Å². The zero-order valence-electron chi connectivity index (χ0n) is 11.5. The van der Waals surface area contributed by atoms with Gasteiger partial charge in [0.05, 0.1) is 5.69 Å². The van der Waals surface area contributed by atoms with Crippen LogP contribution in [0.3, 0.4) is 0 Å². The quantitative estimate of drug-likeness (QED) is 0.821. The van der Waals surface area contributed by atoms with Crippen LogP contribution in [0.4, 0.5) is 0 Å². The lowest BCUT2D eigenvalue weighted by atomic mass is 9.80. The lowest BCUT2D eigenvalue weighted by Crippen LogP contribution is -2.34. The van der Waals surface area contributed by atoms with Crippen LogP contribution < -0.4 is 5.32 Å². The molecule has 3 heteroatoms. The van der Waals surface area contributed by atoms with Gasteiger partial charge in [0, 0.05) is 18.8 Å². The van der Waals surface area contributed by atoms with Gasteiger partial charge in [0.2, 0.25) is 0 Å². The van der Waals surface area contributed by atoms with Gasteiger partial charge >= 0.3 is 0 Å². The first kappa shape index (κ1) is 12.6. The molecule has 1 fully saturated rings. The Hall–Kier alpha value is -0.830. The summed E-state index contributed by atoms with van der Waals surface area (Å²) >= 11 is 0. The fraction of sp³-hybridized carbons (Fsp3) is 0.786. The number of hydrogen-bond donors (Lipinski definition) is 1. The first-order chi connectivity index (χ1) is 8.05. The number of hydrogen-bond acceptors (Lipinski definition) is 2. The highest BCUT2D eigenvalue weighted by atomic mass is 15.3. The molecule has 1 aliphatic rings. The monoisotopic (exact) mass is 235 g/mol. The van der Waals surface area contributed by atoms with E-state index in [-0.39, 0.29) is 0 Å². The van der Waals surface area contributed by atoms with Gasteiger partial charge < -0.3 is 5.32 Å². The van der Waals surface area contributed by atoms with Crippen molar-refractivity contribution in [3.63, 3.8) is 0 Å². The van der Waals surface area contributed by atoms with Gasteiger partial charge in [-0.05, 0) is 57.6 Å². The summed E-state index contributed by atoms with van der Waals surface area (Å²) in [5.74, 6) is 0.888. The highest BCUT2D eigenvalue weighted by Gasteiger charge is 2.41. The van der Waals surface area contributed by atoms with E-state index in [1.807, 2.05) is 7.05 Å². The van der Waals surface area contributed by atoms with Crippen molar-refractivity contribution < 1.29 is 0 Å². The molecule has 96 valence electrons. The molecule has 1 aliphatic carbocycles. The third-order valence-electron chi connectivity index (χ3n) is 3.92. The molecule has 1 unspecified atom stereocenters. The molecule has 0 amide bonds. The van der Waals surface area contributed by atoms with Crippen LogP contribution in [0.1, 0.15) is 45.3 Å². The van der Waals surface area contributed by atoms with Crippen molar-refractivity contribution in [3.05, 3.63) is 18.0 Å². The summed E-state index contributed by atoms with van der Waals surface area (Å²) in [4.78, 5) is 0. The molecule has 0 aromatic carbocycles. The van der Waals surface area contributed by atoms with Gasteiger partial charge in [-0.2, -0.15) is 5.10 Å². The molecular weight excluding hydrogens is 210 g/mol. The molecule has 2 rings (SSSR count). The lowest BCUT2D eigenvalue weighted by molar-refractivity contribution is 0.259. The molecule has 1 N–H and O–H groups in total. The second kappa shape index (κ2) is 4.81. The van der Waals surface area contributed by atoms with Crippen molar-refractivity contribution in [2.24, 2.45) is 11.3 Å². The molecule has 0 aliphatic heterocycles. The molecule has 1 aromatic heterocycles. The van der Waals surface area contributed by atoms with E-state index < -0.39 is 0 Å². The first-order valence-electron chi connectivity index (χ1n) is 6.74. The first-order valence-corrected chi connectivity index (χ1v) is 6.74. The molecule has 0 bridgehead atoms. The minimum atomic E-state index is 0.380. The summed E-state index contributed by atoms with van der Waals surface area (Å²) in [6.07, 6.45) is 5.98. The van der Waals surface area contributed by atoms with Gasteiger partial charge in [-0.25, -0.2) is 0 Å². The standard InChI is InChI=1S/C14H25N3/c1-11(2)17-8-7-13(16-17)9-14(3,10-15-4)12-5-6-12/h7-8,11-12,15H,5-6,9-10H2,1-4H3. The smallest absolute Gasteiger partial charge is 0.0630 e. The normalized spacial score (nSPS) is 19.6. The zero-order valence-corrected chi connectivity index (χ0v) is 11.5. The van der Waals surface area contributed by atoms with Crippen LogP contribution in [-0.4, -0.2) is 23.4 Å². The lowest BCUT2D eigenvalue weighted by Gasteiger charge is -2.28. The van der Waals surface area contributed by atoms with Crippen LogP contribution in [0.25, 0.3) is 0 Å². The summed E-state index contributed by atoms with van der Waals surface area (Å²) in [7, 11) is 2.05. The summed E-state index contributed by atoms with van der Waals surface area (Å²) in [6.45, 7) is 7.83. The van der Waals surface area contributed by atoms with Crippen LogP contribution in [0.15, 0.2) is 12.3 Å². The molecule has 1 atom stereocenters. The number of rotatable bonds is 6. The highest BCUT2D eigenvalue weighted by molar-refractivity contribution is 5.06. The van der Waals surface area contributed by atoms with Crippen LogP contribution >= 0.6 is 0 Å². The predicted octanol–water partition coefficient (Wildman–Crippen LogP) is 2.64. The van der Waals surface area contributed by atoms with Crippen molar-refractivity contribution >= 4 is 0 Å². The summed E-state index contributed by atoms with van der Waals surface area (Å²) < 4.78 is 2.06. The van der Waals surface area contributed by atoms with E-state index in [2.05, 4.69) is 48.1 Å². The van der Waals surface area contributed by atoms with Gasteiger partial charge in [-0.3, -0.25) is 4.68 Å².